The van der Waals surface area contributed by atoms with Gasteiger partial charge in [0.1, 0.15) is 48.8 Å². The number of fused-ring (bicyclic) bond motifs is 2. The maximum absolute atomic E-state index is 13.0. The first-order valence-electron chi connectivity index (χ1n) is 14.6. The average Bonchev–Trinajstić information content (AvgIpc) is 3.41. The third-order valence-corrected chi connectivity index (χ3v) is 9.56. The van der Waals surface area contributed by atoms with Gasteiger partial charge in [-0.25, -0.2) is 4.79 Å². The SMILES string of the molecule is COC(=O)C1(C)OC2C(O)[C@H](O[C@@H]3OC4COC(c5ccccc5)O[C@@H]4[C@H](O)C3O)[C@@H](COS(=O)(=O)c3ccc(C)cc3)O[C@@H]2O1. The number of carbonyl (C=O) groups excluding carboxylic acids is 1. The zero-order valence-electron chi connectivity index (χ0n) is 25.1. The van der Waals surface area contributed by atoms with Gasteiger partial charge in [-0.2, -0.15) is 8.42 Å². The fraction of sp³-hybridized carbons (Fsp3) is 0.567. The fourth-order valence-corrected chi connectivity index (χ4v) is 6.68. The topological polar surface area (TPSA) is 195 Å². The molecule has 4 aliphatic rings. The van der Waals surface area contributed by atoms with Gasteiger partial charge in [0.25, 0.3) is 15.9 Å². The Hall–Kier alpha value is -2.58. The summed E-state index contributed by atoms with van der Waals surface area (Å²) in [7, 11) is -3.17. The minimum absolute atomic E-state index is 0.0297. The summed E-state index contributed by atoms with van der Waals surface area (Å²) in [5, 5.41) is 33.5. The van der Waals surface area contributed by atoms with Gasteiger partial charge < -0.3 is 53.2 Å². The van der Waals surface area contributed by atoms with Crippen LogP contribution in [0.2, 0.25) is 0 Å². The average molecular weight is 669 g/mol. The summed E-state index contributed by atoms with van der Waals surface area (Å²) in [6, 6.07) is 15.0. The Labute approximate surface area is 264 Å². The number of esters is 1. The Bertz CT molecular complexity index is 1470. The second-order valence-electron chi connectivity index (χ2n) is 11.5. The number of hydrogen-bond donors (Lipinski definition) is 3. The van der Waals surface area contributed by atoms with Gasteiger partial charge in [-0.05, 0) is 19.1 Å². The molecule has 252 valence electrons. The maximum atomic E-state index is 13.0. The minimum atomic E-state index is -4.29. The molecule has 6 rings (SSSR count). The minimum Gasteiger partial charge on any atom is -0.465 e. The number of carbonyl (C=O) groups is 1. The molecule has 0 radical (unpaired) electrons. The first-order valence-corrected chi connectivity index (χ1v) is 16.0. The molecule has 0 spiro atoms. The number of hydrogen-bond acceptors (Lipinski definition) is 15. The van der Waals surface area contributed by atoms with E-state index in [4.69, 9.17) is 42.1 Å². The normalized spacial score (nSPS) is 39.3. The van der Waals surface area contributed by atoms with Crippen molar-refractivity contribution in [3.63, 3.8) is 0 Å². The summed E-state index contributed by atoms with van der Waals surface area (Å²) < 4.78 is 76.9. The molecular formula is C30H36O15S. The van der Waals surface area contributed by atoms with Crippen molar-refractivity contribution in [2.75, 3.05) is 20.3 Å². The van der Waals surface area contributed by atoms with E-state index in [1.165, 1.54) is 19.1 Å². The number of rotatable bonds is 8. The van der Waals surface area contributed by atoms with Crippen molar-refractivity contribution in [3.8, 4) is 0 Å². The number of aliphatic hydroxyl groups excluding tert-OH is 3. The van der Waals surface area contributed by atoms with E-state index in [0.717, 1.165) is 12.7 Å². The predicted octanol–water partition coefficient (Wildman–Crippen LogP) is 0.0368. The molecule has 46 heavy (non-hydrogen) atoms. The Kier molecular flexibility index (Phi) is 9.52. The van der Waals surface area contributed by atoms with Crippen LogP contribution in [0.1, 0.15) is 24.3 Å². The van der Waals surface area contributed by atoms with Gasteiger partial charge in [0, 0.05) is 12.5 Å². The second kappa shape index (κ2) is 13.1. The molecule has 4 heterocycles. The molecule has 4 fully saturated rings. The highest BCUT2D eigenvalue weighted by molar-refractivity contribution is 7.86. The Morgan fingerprint density at radius 1 is 0.935 bits per heavy atom. The molecule has 15 nitrogen and oxygen atoms in total. The first-order chi connectivity index (χ1) is 21.9. The van der Waals surface area contributed by atoms with Gasteiger partial charge in [0.15, 0.2) is 18.9 Å². The number of aryl methyl sites for hydroxylation is 1. The van der Waals surface area contributed by atoms with E-state index < -0.39 is 96.2 Å². The van der Waals surface area contributed by atoms with Crippen LogP contribution in [0.4, 0.5) is 0 Å². The standard InChI is InChI=1S/C30H36O15S/c1-15-9-11-17(12-10-15)46(35,36)39-14-19-24(22(33)25-28(41-19)45-30(2,44-25)29(34)37-3)43-27-21(32)20(31)23-18(40-27)13-38-26(42-23)16-7-5-4-6-8-16/h4-12,18-28,31-33H,13-14H2,1-3H3/t18?,19-,20-,21?,22?,23+,24-,25?,26?,27+,28-,30?/m1/s1. The molecule has 4 saturated heterocycles. The lowest BCUT2D eigenvalue weighted by atomic mass is 9.96. The number of benzene rings is 2. The van der Waals surface area contributed by atoms with E-state index >= 15 is 0 Å². The zero-order chi connectivity index (χ0) is 32.8. The van der Waals surface area contributed by atoms with Crippen LogP contribution in [0.15, 0.2) is 59.5 Å². The fourth-order valence-electron chi connectivity index (χ4n) is 5.76. The van der Waals surface area contributed by atoms with Gasteiger partial charge in [0.2, 0.25) is 0 Å². The lowest BCUT2D eigenvalue weighted by Crippen LogP contribution is -2.65. The van der Waals surface area contributed by atoms with Crippen molar-refractivity contribution in [2.24, 2.45) is 0 Å². The van der Waals surface area contributed by atoms with Crippen LogP contribution in [-0.2, 0) is 57.0 Å². The summed E-state index contributed by atoms with van der Waals surface area (Å²) in [5.74, 6) is -2.87. The molecule has 3 N–H and O–H groups in total. The van der Waals surface area contributed by atoms with Crippen LogP contribution in [-0.4, -0.2) is 117 Å². The third-order valence-electron chi connectivity index (χ3n) is 8.27. The van der Waals surface area contributed by atoms with Crippen molar-refractivity contribution >= 4 is 16.1 Å². The van der Waals surface area contributed by atoms with E-state index in [2.05, 4.69) is 0 Å². The van der Waals surface area contributed by atoms with Crippen LogP contribution in [0, 0.1) is 6.92 Å². The number of ether oxygens (including phenoxy) is 8. The summed E-state index contributed by atoms with van der Waals surface area (Å²) in [4.78, 5) is 12.3. The molecule has 6 unspecified atom stereocenters. The van der Waals surface area contributed by atoms with E-state index in [1.807, 2.05) is 18.2 Å². The van der Waals surface area contributed by atoms with Crippen molar-refractivity contribution in [1.29, 1.82) is 0 Å². The summed E-state index contributed by atoms with van der Waals surface area (Å²) >= 11 is 0. The molecule has 0 saturated carbocycles. The highest BCUT2D eigenvalue weighted by Crippen LogP contribution is 2.40. The van der Waals surface area contributed by atoms with E-state index in [1.54, 1.807) is 31.2 Å². The molecule has 16 heteroatoms. The maximum Gasteiger partial charge on any atom is 0.366 e. The molecule has 0 aromatic heterocycles. The van der Waals surface area contributed by atoms with Crippen LogP contribution in [0.25, 0.3) is 0 Å². The Morgan fingerprint density at radius 2 is 1.65 bits per heavy atom. The van der Waals surface area contributed by atoms with Gasteiger partial charge in [-0.15, -0.1) is 0 Å². The van der Waals surface area contributed by atoms with Crippen molar-refractivity contribution < 1.29 is 70.6 Å². The molecule has 0 bridgehead atoms. The predicted molar refractivity (Wildman–Crippen MR) is 151 cm³/mol. The zero-order valence-corrected chi connectivity index (χ0v) is 25.9. The Morgan fingerprint density at radius 3 is 2.35 bits per heavy atom. The van der Waals surface area contributed by atoms with Gasteiger partial charge in [0.05, 0.1) is 25.2 Å². The molecule has 2 aromatic carbocycles. The molecular weight excluding hydrogens is 632 g/mol. The van der Waals surface area contributed by atoms with Crippen molar-refractivity contribution in [1.82, 2.24) is 0 Å². The van der Waals surface area contributed by atoms with Gasteiger partial charge in [-0.3, -0.25) is 4.18 Å². The van der Waals surface area contributed by atoms with Gasteiger partial charge in [-0.1, -0.05) is 48.0 Å². The highest BCUT2D eigenvalue weighted by Gasteiger charge is 2.60. The quantitative estimate of drug-likeness (QED) is 0.252. The second-order valence-corrected chi connectivity index (χ2v) is 13.1. The van der Waals surface area contributed by atoms with E-state index in [9.17, 15) is 28.5 Å². The van der Waals surface area contributed by atoms with Crippen LogP contribution < -0.4 is 0 Å². The summed E-state index contributed by atoms with van der Waals surface area (Å²) in [6.45, 7) is 2.36. The summed E-state index contributed by atoms with van der Waals surface area (Å²) in [6.07, 6.45) is -14.6. The summed E-state index contributed by atoms with van der Waals surface area (Å²) in [5.41, 5.74) is 1.54. The highest BCUT2D eigenvalue weighted by atomic mass is 32.2. The van der Waals surface area contributed by atoms with Crippen molar-refractivity contribution in [3.05, 3.63) is 65.7 Å². The molecule has 0 aliphatic carbocycles. The van der Waals surface area contributed by atoms with Crippen LogP contribution >= 0.6 is 0 Å². The van der Waals surface area contributed by atoms with Crippen molar-refractivity contribution in [2.45, 2.75) is 92.2 Å². The number of aliphatic hydroxyl groups is 3. The van der Waals surface area contributed by atoms with Gasteiger partial charge >= 0.3 is 5.97 Å². The largest absolute Gasteiger partial charge is 0.465 e. The third kappa shape index (κ3) is 6.45. The molecule has 0 amide bonds. The first kappa shape index (κ1) is 33.3. The monoisotopic (exact) mass is 668 g/mol. The lowest BCUT2D eigenvalue weighted by Gasteiger charge is -2.48. The van der Waals surface area contributed by atoms with E-state index in [-0.39, 0.29) is 11.5 Å². The molecule has 4 aliphatic heterocycles. The van der Waals surface area contributed by atoms with Crippen LogP contribution in [0.5, 0.6) is 0 Å². The lowest BCUT2D eigenvalue weighted by molar-refractivity contribution is -0.380. The smallest absolute Gasteiger partial charge is 0.366 e. The van der Waals surface area contributed by atoms with Crippen LogP contribution in [0.3, 0.4) is 0 Å². The molecule has 12 atom stereocenters. The Balaban J connectivity index is 1.20. The number of methoxy groups -OCH3 is 1. The molecule has 2 aromatic rings. The van der Waals surface area contributed by atoms with E-state index in [0.29, 0.717) is 5.56 Å².